The lowest BCUT2D eigenvalue weighted by Gasteiger charge is -2.16. The quantitative estimate of drug-likeness (QED) is 0.880. The highest BCUT2D eigenvalue weighted by Gasteiger charge is 2.13. The fourth-order valence-corrected chi connectivity index (χ4v) is 3.07. The van der Waals surface area contributed by atoms with Crippen molar-refractivity contribution in [1.29, 1.82) is 0 Å². The van der Waals surface area contributed by atoms with E-state index >= 15 is 0 Å². The monoisotopic (exact) mass is 332 g/mol. The van der Waals surface area contributed by atoms with E-state index in [0.717, 1.165) is 11.1 Å². The van der Waals surface area contributed by atoms with Gasteiger partial charge in [-0.1, -0.05) is 36.4 Å². The predicted octanol–water partition coefficient (Wildman–Crippen LogP) is 2.27. The first-order valence-electron chi connectivity index (χ1n) is 7.22. The summed E-state index contributed by atoms with van der Waals surface area (Å²) < 4.78 is 22.1. The Hall–Kier alpha value is -2.18. The van der Waals surface area contributed by atoms with Crippen LogP contribution in [0.4, 0.5) is 0 Å². The van der Waals surface area contributed by atoms with Gasteiger partial charge in [-0.3, -0.25) is 4.79 Å². The van der Waals surface area contributed by atoms with E-state index in [0.29, 0.717) is 11.1 Å². The summed E-state index contributed by atoms with van der Waals surface area (Å²) >= 11 is 0. The van der Waals surface area contributed by atoms with Crippen LogP contribution < -0.4 is 10.5 Å². The molecule has 0 spiro atoms. The normalized spacial score (nSPS) is 12.7. The van der Waals surface area contributed by atoms with Crippen LogP contribution in [0, 0.1) is 6.92 Å². The number of sulfonamides is 1. The largest absolute Gasteiger partial charge is 0.346 e. The smallest absolute Gasteiger partial charge is 0.251 e. The van der Waals surface area contributed by atoms with Gasteiger partial charge in [0.05, 0.1) is 11.8 Å². The summed E-state index contributed by atoms with van der Waals surface area (Å²) in [5, 5.41) is 7.94. The van der Waals surface area contributed by atoms with E-state index in [1.807, 2.05) is 38.1 Å². The van der Waals surface area contributed by atoms with Gasteiger partial charge in [-0.05, 0) is 42.7 Å². The Morgan fingerprint density at radius 3 is 2.30 bits per heavy atom. The highest BCUT2D eigenvalue weighted by Crippen LogP contribution is 2.17. The number of aryl methyl sites for hydroxylation is 1. The van der Waals surface area contributed by atoms with Crippen LogP contribution in [-0.4, -0.2) is 14.3 Å². The van der Waals surface area contributed by atoms with E-state index in [1.54, 1.807) is 24.3 Å². The summed E-state index contributed by atoms with van der Waals surface area (Å²) in [4.78, 5) is 12.3. The van der Waals surface area contributed by atoms with E-state index in [4.69, 9.17) is 5.14 Å². The molecule has 0 aliphatic heterocycles. The minimum Gasteiger partial charge on any atom is -0.346 e. The van der Waals surface area contributed by atoms with Gasteiger partial charge in [0, 0.05) is 5.56 Å². The number of carbonyl (C=O) groups is 1. The summed E-state index contributed by atoms with van der Waals surface area (Å²) in [5.74, 6) is -0.447. The summed E-state index contributed by atoms with van der Waals surface area (Å²) in [5.41, 5.74) is 3.20. The van der Waals surface area contributed by atoms with Crippen molar-refractivity contribution in [3.05, 3.63) is 70.8 Å². The van der Waals surface area contributed by atoms with Crippen LogP contribution in [0.5, 0.6) is 0 Å². The van der Waals surface area contributed by atoms with Crippen LogP contribution in [0.1, 0.15) is 40.0 Å². The highest BCUT2D eigenvalue weighted by molar-refractivity contribution is 7.88. The van der Waals surface area contributed by atoms with Gasteiger partial charge in [0.25, 0.3) is 5.91 Å². The molecule has 5 nitrogen and oxygen atoms in total. The van der Waals surface area contributed by atoms with Crippen molar-refractivity contribution in [2.45, 2.75) is 25.6 Å². The third-order valence-corrected chi connectivity index (χ3v) is 4.32. The van der Waals surface area contributed by atoms with Gasteiger partial charge >= 0.3 is 0 Å². The molecule has 0 aliphatic rings. The van der Waals surface area contributed by atoms with E-state index in [-0.39, 0.29) is 17.7 Å². The van der Waals surface area contributed by atoms with Crippen molar-refractivity contribution in [3.63, 3.8) is 0 Å². The maximum Gasteiger partial charge on any atom is 0.251 e. The highest BCUT2D eigenvalue weighted by atomic mass is 32.2. The van der Waals surface area contributed by atoms with Crippen LogP contribution in [0.25, 0.3) is 0 Å². The maximum atomic E-state index is 12.3. The van der Waals surface area contributed by atoms with Gasteiger partial charge < -0.3 is 5.32 Å². The third kappa shape index (κ3) is 4.91. The summed E-state index contributed by atoms with van der Waals surface area (Å²) in [6, 6.07) is 14.1. The van der Waals surface area contributed by atoms with Crippen molar-refractivity contribution in [2.24, 2.45) is 5.14 Å². The van der Waals surface area contributed by atoms with Crippen LogP contribution in [0.3, 0.4) is 0 Å². The van der Waals surface area contributed by atoms with Crippen molar-refractivity contribution >= 4 is 15.9 Å². The molecule has 6 heteroatoms. The number of carbonyl (C=O) groups excluding carboxylic acids is 1. The maximum absolute atomic E-state index is 12.3. The Morgan fingerprint density at radius 2 is 1.74 bits per heavy atom. The number of primary sulfonamides is 1. The Kier molecular flexibility index (Phi) is 5.18. The molecule has 0 fully saturated rings. The van der Waals surface area contributed by atoms with Crippen molar-refractivity contribution in [2.75, 3.05) is 0 Å². The van der Waals surface area contributed by atoms with Gasteiger partial charge in [-0.15, -0.1) is 0 Å². The zero-order valence-electron chi connectivity index (χ0n) is 13.1. The van der Waals surface area contributed by atoms with Gasteiger partial charge in [0.1, 0.15) is 0 Å². The number of nitrogens with two attached hydrogens (primary N) is 1. The molecule has 2 rings (SSSR count). The summed E-state index contributed by atoms with van der Waals surface area (Å²) in [6.07, 6.45) is 0. The molecular weight excluding hydrogens is 312 g/mol. The fourth-order valence-electron chi connectivity index (χ4n) is 2.42. The standard InChI is InChI=1S/C17H20N2O3S/c1-12-5-3-4-6-16(12)13(2)19-17(20)15-9-7-14(8-10-15)11-23(18,21)22/h3-10,13H,11H2,1-2H3,(H,19,20)(H2,18,21,22)/t13-/m1/s1. The number of nitrogens with one attached hydrogen (secondary N) is 1. The molecule has 0 radical (unpaired) electrons. The molecular formula is C17H20N2O3S. The van der Waals surface area contributed by atoms with Crippen LogP contribution in [0.15, 0.2) is 48.5 Å². The van der Waals surface area contributed by atoms with Crippen molar-refractivity contribution < 1.29 is 13.2 Å². The first-order valence-corrected chi connectivity index (χ1v) is 8.93. The minimum absolute atomic E-state index is 0.118. The number of hydrogen-bond acceptors (Lipinski definition) is 3. The predicted molar refractivity (Wildman–Crippen MR) is 90.3 cm³/mol. The zero-order chi connectivity index (χ0) is 17.0. The molecule has 1 amide bonds. The number of benzene rings is 2. The molecule has 1 atom stereocenters. The lowest BCUT2D eigenvalue weighted by Crippen LogP contribution is -2.27. The third-order valence-electron chi connectivity index (χ3n) is 3.59. The fraction of sp³-hybridized carbons (Fsp3) is 0.235. The Bertz CT molecular complexity index is 799. The van der Waals surface area contributed by atoms with E-state index < -0.39 is 10.0 Å². The molecule has 0 unspecified atom stereocenters. The molecule has 0 aliphatic carbocycles. The second-order valence-electron chi connectivity index (χ2n) is 5.56. The Morgan fingerprint density at radius 1 is 1.13 bits per heavy atom. The van der Waals surface area contributed by atoms with Crippen molar-refractivity contribution in [1.82, 2.24) is 5.32 Å². The topological polar surface area (TPSA) is 89.3 Å². The molecule has 122 valence electrons. The molecule has 0 saturated heterocycles. The average molecular weight is 332 g/mol. The Balaban J connectivity index is 2.08. The molecule has 0 heterocycles. The van der Waals surface area contributed by atoms with Crippen LogP contribution in [-0.2, 0) is 15.8 Å². The van der Waals surface area contributed by atoms with Gasteiger partial charge in [0.2, 0.25) is 10.0 Å². The molecule has 3 N–H and O–H groups in total. The number of rotatable bonds is 5. The molecule has 23 heavy (non-hydrogen) atoms. The molecule has 0 aromatic heterocycles. The second-order valence-corrected chi connectivity index (χ2v) is 7.17. The van der Waals surface area contributed by atoms with Gasteiger partial charge in [0.15, 0.2) is 0 Å². The van der Waals surface area contributed by atoms with Gasteiger partial charge in [-0.25, -0.2) is 13.6 Å². The molecule has 0 saturated carbocycles. The molecule has 2 aromatic carbocycles. The number of amides is 1. The van der Waals surface area contributed by atoms with Crippen molar-refractivity contribution in [3.8, 4) is 0 Å². The first-order chi connectivity index (χ1) is 10.8. The van der Waals surface area contributed by atoms with E-state index in [9.17, 15) is 13.2 Å². The summed E-state index contributed by atoms with van der Waals surface area (Å²) in [6.45, 7) is 3.93. The van der Waals surface area contributed by atoms with E-state index in [2.05, 4.69) is 5.32 Å². The Labute approximate surface area is 136 Å². The van der Waals surface area contributed by atoms with Crippen LogP contribution >= 0.6 is 0 Å². The first kappa shape index (κ1) is 17.2. The molecule has 0 bridgehead atoms. The van der Waals surface area contributed by atoms with Gasteiger partial charge in [-0.2, -0.15) is 0 Å². The lowest BCUT2D eigenvalue weighted by atomic mass is 10.0. The number of hydrogen-bond donors (Lipinski definition) is 2. The summed E-state index contributed by atoms with van der Waals surface area (Å²) in [7, 11) is -3.57. The second kappa shape index (κ2) is 6.93. The minimum atomic E-state index is -3.57. The van der Waals surface area contributed by atoms with Crippen LogP contribution in [0.2, 0.25) is 0 Å². The SMILES string of the molecule is Cc1ccccc1[C@@H](C)NC(=O)c1ccc(CS(N)(=O)=O)cc1. The molecule has 2 aromatic rings. The zero-order valence-corrected chi connectivity index (χ0v) is 13.9. The average Bonchev–Trinajstić information content (AvgIpc) is 2.46. The lowest BCUT2D eigenvalue weighted by molar-refractivity contribution is 0.0940. The van der Waals surface area contributed by atoms with E-state index in [1.165, 1.54) is 0 Å².